The molecule has 0 saturated carbocycles. The molecule has 0 aromatic heterocycles. The number of likely N-dealkylation sites (N-methyl/N-ethyl adjacent to an activating group) is 1. The quantitative estimate of drug-likeness (QED) is 0.714. The second-order valence-electron chi connectivity index (χ2n) is 8.42. The van der Waals surface area contributed by atoms with Crippen LogP contribution in [0, 0.1) is 5.92 Å². The predicted octanol–water partition coefficient (Wildman–Crippen LogP) is 1.43. The van der Waals surface area contributed by atoms with Gasteiger partial charge in [0.2, 0.25) is 5.91 Å². The minimum Gasteiger partial charge on any atom is -0.467 e. The normalized spacial score (nSPS) is 44.2. The maximum absolute atomic E-state index is 13.1. The van der Waals surface area contributed by atoms with Crippen LogP contribution in [0.1, 0.15) is 31.2 Å². The molecular formula is C20H22N2O4. The smallest absolute Gasteiger partial charge is 0.340 e. The SMILES string of the molecule is COC(=O)[C@]12C[C@H]3CCN4C(=O)CC[C@]5(c6ccccc6N(C)[C@H]15)[C@]34O2. The molecule has 4 fully saturated rings. The van der Waals surface area contributed by atoms with Crippen molar-refractivity contribution in [1.82, 2.24) is 4.90 Å². The van der Waals surface area contributed by atoms with Gasteiger partial charge in [0.15, 0.2) is 11.3 Å². The summed E-state index contributed by atoms with van der Waals surface area (Å²) in [5.74, 6) is 0.0419. The number of hydrogen-bond acceptors (Lipinski definition) is 5. The van der Waals surface area contributed by atoms with Crippen molar-refractivity contribution in [1.29, 1.82) is 0 Å². The molecule has 5 aliphatic heterocycles. The summed E-state index contributed by atoms with van der Waals surface area (Å²) in [7, 11) is 3.49. The molecule has 1 aromatic carbocycles. The number of carbonyl (C=O) groups is 2. The van der Waals surface area contributed by atoms with Gasteiger partial charge in [-0.15, -0.1) is 0 Å². The molecule has 6 rings (SSSR count). The molecule has 6 heteroatoms. The Hall–Kier alpha value is -2.08. The number of anilines is 1. The van der Waals surface area contributed by atoms with Gasteiger partial charge in [-0.05, 0) is 30.9 Å². The molecule has 1 amide bonds. The molecule has 1 aromatic rings. The van der Waals surface area contributed by atoms with E-state index in [1.807, 2.05) is 18.0 Å². The van der Waals surface area contributed by atoms with Crippen molar-refractivity contribution in [2.24, 2.45) is 5.92 Å². The van der Waals surface area contributed by atoms with Crippen LogP contribution in [0.3, 0.4) is 0 Å². The van der Waals surface area contributed by atoms with Gasteiger partial charge >= 0.3 is 5.97 Å². The lowest BCUT2D eigenvalue weighted by atomic mass is 9.55. The van der Waals surface area contributed by atoms with Crippen molar-refractivity contribution >= 4 is 17.6 Å². The third kappa shape index (κ3) is 1.19. The zero-order valence-corrected chi connectivity index (χ0v) is 15.0. The molecule has 0 unspecified atom stereocenters. The summed E-state index contributed by atoms with van der Waals surface area (Å²) in [6, 6.07) is 8.25. The van der Waals surface area contributed by atoms with E-state index in [9.17, 15) is 9.59 Å². The van der Waals surface area contributed by atoms with Gasteiger partial charge in [-0.2, -0.15) is 0 Å². The minimum atomic E-state index is -1.00. The standard InChI is InChI=1S/C20H22N2O4/c1-21-14-6-4-3-5-13(14)18-9-7-15(23)22-10-8-12-11-19(16(18)21,17(24)25-2)26-20(12,18)22/h3-6,12,16H,7-11H2,1-2H3/t12-,16+,18-,19+,20-/m1/s1. The Balaban J connectivity index is 1.70. The summed E-state index contributed by atoms with van der Waals surface area (Å²) in [4.78, 5) is 30.0. The number of carbonyl (C=O) groups excluding carboxylic acids is 2. The summed E-state index contributed by atoms with van der Waals surface area (Å²) in [5.41, 5.74) is 0.302. The minimum absolute atomic E-state index is 0.134. The number of amides is 1. The van der Waals surface area contributed by atoms with Gasteiger partial charge in [0, 0.05) is 31.6 Å². The molecule has 5 atom stereocenters. The molecule has 6 nitrogen and oxygen atoms in total. The van der Waals surface area contributed by atoms with E-state index in [1.54, 1.807) is 0 Å². The van der Waals surface area contributed by atoms with Crippen LogP contribution in [0.15, 0.2) is 24.3 Å². The van der Waals surface area contributed by atoms with E-state index in [4.69, 9.17) is 9.47 Å². The Bertz CT molecular complexity index is 871. The second-order valence-corrected chi connectivity index (χ2v) is 8.42. The zero-order valence-electron chi connectivity index (χ0n) is 15.0. The van der Waals surface area contributed by atoms with Gasteiger partial charge in [-0.3, -0.25) is 4.79 Å². The first-order valence-corrected chi connectivity index (χ1v) is 9.44. The number of fused-ring (bicyclic) bond motifs is 3. The molecule has 4 saturated heterocycles. The molecule has 2 bridgehead atoms. The number of nitrogens with zero attached hydrogens (tertiary/aromatic N) is 2. The monoisotopic (exact) mass is 354 g/mol. The molecule has 0 N–H and O–H groups in total. The molecule has 0 aliphatic carbocycles. The third-order valence-corrected chi connectivity index (χ3v) is 7.81. The summed E-state index contributed by atoms with van der Waals surface area (Å²) < 4.78 is 12.0. The summed E-state index contributed by atoms with van der Waals surface area (Å²) in [6.07, 6.45) is 2.76. The van der Waals surface area contributed by atoms with Crippen LogP contribution >= 0.6 is 0 Å². The Morgan fingerprint density at radius 1 is 1.35 bits per heavy atom. The van der Waals surface area contributed by atoms with Crippen molar-refractivity contribution in [3.8, 4) is 0 Å². The van der Waals surface area contributed by atoms with Gasteiger partial charge in [0.25, 0.3) is 0 Å². The van der Waals surface area contributed by atoms with E-state index in [2.05, 4.69) is 23.1 Å². The maximum atomic E-state index is 13.1. The molecule has 5 heterocycles. The number of methoxy groups -OCH3 is 1. The average Bonchev–Trinajstić information content (AvgIpc) is 3.32. The highest BCUT2D eigenvalue weighted by Gasteiger charge is 2.88. The fraction of sp³-hybridized carbons (Fsp3) is 0.600. The molecular weight excluding hydrogens is 332 g/mol. The Morgan fingerprint density at radius 3 is 2.96 bits per heavy atom. The number of piperidine rings is 1. The van der Waals surface area contributed by atoms with Crippen LogP contribution in [0.2, 0.25) is 0 Å². The lowest BCUT2D eigenvalue weighted by molar-refractivity contribution is -0.196. The Morgan fingerprint density at radius 2 is 2.15 bits per heavy atom. The van der Waals surface area contributed by atoms with Gasteiger partial charge in [-0.25, -0.2) is 4.79 Å². The fourth-order valence-electron chi connectivity index (χ4n) is 7.28. The molecule has 5 aliphatic rings. The van der Waals surface area contributed by atoms with E-state index in [0.29, 0.717) is 12.8 Å². The lowest BCUT2D eigenvalue weighted by Crippen LogP contribution is -2.69. The van der Waals surface area contributed by atoms with Gasteiger partial charge in [0.1, 0.15) is 0 Å². The van der Waals surface area contributed by atoms with Crippen LogP contribution < -0.4 is 4.90 Å². The van der Waals surface area contributed by atoms with E-state index >= 15 is 0 Å². The van der Waals surface area contributed by atoms with Crippen LogP contribution in [-0.2, 0) is 24.5 Å². The van der Waals surface area contributed by atoms with Crippen LogP contribution in [-0.4, -0.2) is 54.8 Å². The van der Waals surface area contributed by atoms with Gasteiger partial charge in [-0.1, -0.05) is 18.2 Å². The van der Waals surface area contributed by atoms with Crippen molar-refractivity contribution in [2.45, 2.75) is 48.5 Å². The van der Waals surface area contributed by atoms with Gasteiger partial charge < -0.3 is 19.3 Å². The first-order chi connectivity index (χ1) is 12.5. The highest BCUT2D eigenvalue weighted by atomic mass is 16.6. The predicted molar refractivity (Wildman–Crippen MR) is 92.5 cm³/mol. The fourth-order valence-corrected chi connectivity index (χ4v) is 7.28. The first kappa shape index (κ1) is 15.0. The van der Waals surface area contributed by atoms with E-state index in [-0.39, 0.29) is 29.3 Å². The highest BCUT2D eigenvalue weighted by molar-refractivity contribution is 5.89. The number of hydrogen-bond donors (Lipinski definition) is 0. The number of esters is 1. The Kier molecular flexibility index (Phi) is 2.45. The largest absolute Gasteiger partial charge is 0.467 e. The van der Waals surface area contributed by atoms with Crippen LogP contribution in [0.25, 0.3) is 0 Å². The van der Waals surface area contributed by atoms with Crippen LogP contribution in [0.5, 0.6) is 0 Å². The molecule has 26 heavy (non-hydrogen) atoms. The van der Waals surface area contributed by atoms with Crippen molar-refractivity contribution in [3.05, 3.63) is 29.8 Å². The lowest BCUT2D eigenvalue weighted by Gasteiger charge is -2.54. The van der Waals surface area contributed by atoms with Crippen molar-refractivity contribution in [2.75, 3.05) is 25.6 Å². The van der Waals surface area contributed by atoms with E-state index in [1.165, 1.54) is 12.7 Å². The highest BCUT2D eigenvalue weighted by Crippen LogP contribution is 2.74. The van der Waals surface area contributed by atoms with Gasteiger partial charge in [0.05, 0.1) is 18.6 Å². The summed E-state index contributed by atoms with van der Waals surface area (Å²) >= 11 is 0. The molecule has 2 spiro atoms. The van der Waals surface area contributed by atoms with E-state index in [0.717, 1.165) is 25.1 Å². The van der Waals surface area contributed by atoms with Crippen molar-refractivity contribution in [3.63, 3.8) is 0 Å². The number of ether oxygens (including phenoxy) is 2. The van der Waals surface area contributed by atoms with Crippen molar-refractivity contribution < 1.29 is 19.1 Å². The number of benzene rings is 1. The average molecular weight is 354 g/mol. The van der Waals surface area contributed by atoms with Crippen LogP contribution in [0.4, 0.5) is 5.69 Å². The number of para-hydroxylation sites is 1. The summed E-state index contributed by atoms with van der Waals surface area (Å²) in [6.45, 7) is 0.723. The van der Waals surface area contributed by atoms with E-state index < -0.39 is 11.3 Å². The Labute approximate surface area is 152 Å². The third-order valence-electron chi connectivity index (χ3n) is 7.81. The summed E-state index contributed by atoms with van der Waals surface area (Å²) in [5, 5.41) is 0. The topological polar surface area (TPSA) is 59.1 Å². The second kappa shape index (κ2) is 4.25. The molecule has 0 radical (unpaired) electrons. The molecule has 136 valence electrons. The zero-order chi connectivity index (χ0) is 17.9. The maximum Gasteiger partial charge on any atom is 0.340 e. The number of rotatable bonds is 1. The first-order valence-electron chi connectivity index (χ1n) is 9.44.